The average molecular weight is 333 g/mol. The molecule has 2 aromatic rings. The van der Waals surface area contributed by atoms with Gasteiger partial charge in [-0.05, 0) is 62.2 Å². The van der Waals surface area contributed by atoms with Crippen molar-refractivity contribution in [1.82, 2.24) is 4.90 Å². The van der Waals surface area contributed by atoms with Crippen LogP contribution in [-0.4, -0.2) is 23.8 Å². The van der Waals surface area contributed by atoms with Crippen molar-refractivity contribution in [2.24, 2.45) is 11.8 Å². The van der Waals surface area contributed by atoms with Gasteiger partial charge in [-0.25, -0.2) is 0 Å². The molecule has 1 aliphatic carbocycles. The van der Waals surface area contributed by atoms with Crippen molar-refractivity contribution in [1.29, 1.82) is 0 Å². The normalized spacial score (nSPS) is 21.9. The number of likely N-dealkylation sites (tertiary alicyclic amines) is 1. The van der Waals surface area contributed by atoms with E-state index in [0.29, 0.717) is 11.7 Å². The third-order valence-corrected chi connectivity index (χ3v) is 5.99. The monoisotopic (exact) mass is 333 g/mol. The van der Waals surface area contributed by atoms with Crippen LogP contribution in [0, 0.1) is 11.8 Å². The van der Waals surface area contributed by atoms with E-state index in [2.05, 4.69) is 47.4 Å². The molecule has 0 radical (unpaired) electrons. The van der Waals surface area contributed by atoms with E-state index < -0.39 is 0 Å². The number of rotatable bonds is 4. The molecular weight excluding hydrogens is 306 g/mol. The number of nitrogens with zero attached hydrogens (tertiary/aromatic N) is 1. The van der Waals surface area contributed by atoms with Gasteiger partial charge in [0.15, 0.2) is 5.78 Å². The van der Waals surface area contributed by atoms with Gasteiger partial charge in [-0.15, -0.1) is 0 Å². The van der Waals surface area contributed by atoms with Crippen molar-refractivity contribution in [3.05, 3.63) is 71.3 Å². The molecule has 4 rings (SSSR count). The number of hydrogen-bond acceptors (Lipinski definition) is 2. The molecule has 130 valence electrons. The number of Topliss-reactive ketones (excluding diaryl/α,β-unsaturated/α-hetero) is 1. The van der Waals surface area contributed by atoms with Gasteiger partial charge in [0, 0.05) is 18.0 Å². The zero-order chi connectivity index (χ0) is 17.1. The van der Waals surface area contributed by atoms with E-state index in [4.69, 9.17) is 0 Å². The molecule has 1 fully saturated rings. The van der Waals surface area contributed by atoms with Gasteiger partial charge in [0.2, 0.25) is 0 Å². The van der Waals surface area contributed by atoms with Crippen molar-refractivity contribution in [3.63, 3.8) is 0 Å². The first-order chi connectivity index (χ1) is 12.3. The summed E-state index contributed by atoms with van der Waals surface area (Å²) in [4.78, 5) is 15.3. The van der Waals surface area contributed by atoms with Gasteiger partial charge in [0.05, 0.1) is 0 Å². The highest BCUT2D eigenvalue weighted by molar-refractivity contribution is 6.00. The van der Waals surface area contributed by atoms with Gasteiger partial charge in [-0.2, -0.15) is 0 Å². The van der Waals surface area contributed by atoms with Crippen molar-refractivity contribution in [3.8, 4) is 0 Å². The maximum Gasteiger partial charge on any atom is 0.166 e. The maximum atomic E-state index is 12.8. The number of benzene rings is 2. The van der Waals surface area contributed by atoms with Crippen molar-refractivity contribution in [2.45, 2.75) is 38.6 Å². The molecular formula is C23H27NO. The highest BCUT2D eigenvalue weighted by Gasteiger charge is 2.30. The van der Waals surface area contributed by atoms with Crippen LogP contribution in [0.15, 0.2) is 54.6 Å². The predicted molar refractivity (Wildman–Crippen MR) is 102 cm³/mol. The summed E-state index contributed by atoms with van der Waals surface area (Å²) in [6, 6.07) is 18.9. The average Bonchev–Trinajstić information content (AvgIpc) is 2.67. The number of aryl methyl sites for hydroxylation is 1. The second-order valence-electron chi connectivity index (χ2n) is 7.70. The number of carbonyl (C=O) groups is 1. The lowest BCUT2D eigenvalue weighted by molar-refractivity contribution is 0.0853. The Bertz CT molecular complexity index is 716. The van der Waals surface area contributed by atoms with E-state index in [9.17, 15) is 4.79 Å². The summed E-state index contributed by atoms with van der Waals surface area (Å²) in [5.74, 6) is 1.36. The number of fused-ring (bicyclic) bond motifs is 1. The fourth-order valence-corrected chi connectivity index (χ4v) is 4.51. The minimum absolute atomic E-state index is 0.251. The molecule has 1 unspecified atom stereocenters. The van der Waals surface area contributed by atoms with Crippen LogP contribution in [0.25, 0.3) is 0 Å². The topological polar surface area (TPSA) is 20.3 Å². The zero-order valence-electron chi connectivity index (χ0n) is 14.9. The molecule has 2 heteroatoms. The first-order valence-electron chi connectivity index (χ1n) is 9.68. The zero-order valence-corrected chi connectivity index (χ0v) is 14.9. The summed E-state index contributed by atoms with van der Waals surface area (Å²) >= 11 is 0. The van der Waals surface area contributed by atoms with E-state index in [1.165, 1.54) is 24.0 Å². The van der Waals surface area contributed by atoms with Crippen LogP contribution < -0.4 is 0 Å². The Morgan fingerprint density at radius 2 is 1.60 bits per heavy atom. The highest BCUT2D eigenvalue weighted by atomic mass is 16.1. The van der Waals surface area contributed by atoms with E-state index in [1.807, 2.05) is 12.1 Å². The summed E-state index contributed by atoms with van der Waals surface area (Å²) in [7, 11) is 0. The smallest absolute Gasteiger partial charge is 0.166 e. The van der Waals surface area contributed by atoms with E-state index in [0.717, 1.165) is 44.5 Å². The van der Waals surface area contributed by atoms with Crippen LogP contribution in [0.4, 0.5) is 0 Å². The number of piperidine rings is 1. The molecule has 2 aliphatic rings. The predicted octanol–water partition coefficient (Wildman–Crippen LogP) is 4.73. The Morgan fingerprint density at radius 3 is 2.40 bits per heavy atom. The first kappa shape index (κ1) is 16.5. The Labute approximate surface area is 150 Å². The summed E-state index contributed by atoms with van der Waals surface area (Å²) in [5.41, 5.74) is 3.64. The molecule has 2 aromatic carbocycles. The molecule has 0 saturated carbocycles. The minimum atomic E-state index is 0.251. The van der Waals surface area contributed by atoms with Crippen LogP contribution in [0.3, 0.4) is 0 Å². The lowest BCUT2D eigenvalue weighted by Gasteiger charge is -2.34. The van der Waals surface area contributed by atoms with Crippen molar-refractivity contribution >= 4 is 5.78 Å². The molecule has 0 spiro atoms. The largest absolute Gasteiger partial charge is 0.299 e. The highest BCUT2D eigenvalue weighted by Crippen LogP contribution is 2.33. The minimum Gasteiger partial charge on any atom is -0.299 e. The van der Waals surface area contributed by atoms with Crippen LogP contribution in [0.2, 0.25) is 0 Å². The summed E-state index contributed by atoms with van der Waals surface area (Å²) in [6.45, 7) is 3.39. The Kier molecular flexibility index (Phi) is 4.98. The number of carbonyl (C=O) groups excluding carboxylic acids is 1. The van der Waals surface area contributed by atoms with Gasteiger partial charge in [-0.3, -0.25) is 9.69 Å². The van der Waals surface area contributed by atoms with Gasteiger partial charge in [0.1, 0.15) is 0 Å². The van der Waals surface area contributed by atoms with Crippen molar-refractivity contribution in [2.75, 3.05) is 13.1 Å². The van der Waals surface area contributed by atoms with Gasteiger partial charge in [0.25, 0.3) is 0 Å². The van der Waals surface area contributed by atoms with Crippen LogP contribution in [-0.2, 0) is 13.0 Å². The molecule has 2 nitrogen and oxygen atoms in total. The standard InChI is InChI=1S/C23H27NO/c25-23-21(11-10-20-8-4-5-9-22(20)23)16-18-12-14-24(15-13-18)17-19-6-2-1-3-7-19/h1-9,18,21H,10-17H2. The third-order valence-electron chi connectivity index (χ3n) is 5.99. The van der Waals surface area contributed by atoms with E-state index in [1.54, 1.807) is 0 Å². The molecule has 0 N–H and O–H groups in total. The Morgan fingerprint density at radius 1 is 0.880 bits per heavy atom. The van der Waals surface area contributed by atoms with Gasteiger partial charge >= 0.3 is 0 Å². The van der Waals surface area contributed by atoms with Gasteiger partial charge in [-0.1, -0.05) is 54.6 Å². The maximum absolute atomic E-state index is 12.8. The molecule has 0 bridgehead atoms. The molecule has 25 heavy (non-hydrogen) atoms. The van der Waals surface area contributed by atoms with Gasteiger partial charge < -0.3 is 0 Å². The fourth-order valence-electron chi connectivity index (χ4n) is 4.51. The number of ketones is 1. The Balaban J connectivity index is 1.30. The molecule has 1 aliphatic heterocycles. The lowest BCUT2D eigenvalue weighted by Crippen LogP contribution is -2.35. The fraction of sp³-hybridized carbons (Fsp3) is 0.435. The van der Waals surface area contributed by atoms with E-state index in [-0.39, 0.29) is 5.92 Å². The SMILES string of the molecule is O=C1c2ccccc2CCC1CC1CCN(Cc2ccccc2)CC1. The first-order valence-corrected chi connectivity index (χ1v) is 9.68. The van der Waals surface area contributed by atoms with Crippen LogP contribution in [0.5, 0.6) is 0 Å². The Hall–Kier alpha value is -1.93. The van der Waals surface area contributed by atoms with Crippen LogP contribution >= 0.6 is 0 Å². The lowest BCUT2D eigenvalue weighted by atomic mass is 9.76. The van der Waals surface area contributed by atoms with Crippen LogP contribution in [0.1, 0.15) is 47.2 Å². The number of hydrogen-bond donors (Lipinski definition) is 0. The molecule has 1 atom stereocenters. The quantitative estimate of drug-likeness (QED) is 0.806. The summed E-state index contributed by atoms with van der Waals surface area (Å²) in [6.07, 6.45) is 5.67. The molecule has 1 heterocycles. The summed E-state index contributed by atoms with van der Waals surface area (Å²) < 4.78 is 0. The summed E-state index contributed by atoms with van der Waals surface area (Å²) in [5, 5.41) is 0. The molecule has 0 amide bonds. The van der Waals surface area contributed by atoms with Crippen molar-refractivity contribution < 1.29 is 4.79 Å². The molecule has 0 aromatic heterocycles. The molecule has 1 saturated heterocycles. The van der Waals surface area contributed by atoms with E-state index >= 15 is 0 Å². The second-order valence-corrected chi connectivity index (χ2v) is 7.70. The third kappa shape index (κ3) is 3.85. The second kappa shape index (κ2) is 7.53.